The highest BCUT2D eigenvalue weighted by molar-refractivity contribution is 14.0. The highest BCUT2D eigenvalue weighted by Crippen LogP contribution is 2.20. The molecule has 0 atom stereocenters. The average molecular weight is 562 g/mol. The number of carbonyl (C=O) groups is 1. The Kier molecular flexibility index (Phi) is 10.1. The minimum Gasteiger partial charge on any atom is -0.490 e. The molecule has 1 heterocycles. The number of nitrogens with zero attached hydrogens (tertiary/aromatic N) is 2. The number of guanidine groups is 1. The first-order valence-corrected chi connectivity index (χ1v) is 10.2. The van der Waals surface area contributed by atoms with Crippen LogP contribution in [0.3, 0.4) is 0 Å². The first kappa shape index (κ1) is 25.8. The molecule has 0 aliphatic carbocycles. The van der Waals surface area contributed by atoms with Gasteiger partial charge in [0.25, 0.3) is 0 Å². The first-order chi connectivity index (χ1) is 15.0. The van der Waals surface area contributed by atoms with Crippen molar-refractivity contribution >= 4 is 41.5 Å². The lowest BCUT2D eigenvalue weighted by molar-refractivity contribution is -0.114. The molecule has 1 aliphatic heterocycles. The number of para-hydroxylation sites is 1. The lowest BCUT2D eigenvalue weighted by Crippen LogP contribution is -2.47. The Morgan fingerprint density at radius 3 is 2.44 bits per heavy atom. The zero-order valence-electron chi connectivity index (χ0n) is 17.6. The number of likely N-dealkylation sites (tertiary alicyclic amines) is 1. The standard InChI is InChI=1S/C22H25F3N4O2.HI/c1-2-26-22(27-14-19(30)28-18-9-8-17(23)20(24)21(18)25)29-12-10-16(11-13-29)31-15-6-4-3-5-7-15;/h3-9,16H,2,10-14H2,1H3,(H,26,27)(H,28,30);1H. The summed E-state index contributed by atoms with van der Waals surface area (Å²) in [5.41, 5.74) is -0.428. The highest BCUT2D eigenvalue weighted by atomic mass is 127. The zero-order chi connectivity index (χ0) is 22.2. The molecule has 3 rings (SSSR count). The van der Waals surface area contributed by atoms with Gasteiger partial charge in [-0.25, -0.2) is 18.2 Å². The number of aliphatic imine (C=N–C) groups is 1. The molecule has 2 aromatic carbocycles. The van der Waals surface area contributed by atoms with Crippen LogP contribution in [0.15, 0.2) is 47.5 Å². The van der Waals surface area contributed by atoms with Gasteiger partial charge in [-0.05, 0) is 31.2 Å². The number of hydrogen-bond acceptors (Lipinski definition) is 3. The Hall–Kier alpha value is -2.50. The Labute approximate surface area is 202 Å². The van der Waals surface area contributed by atoms with E-state index in [1.807, 2.05) is 42.2 Å². The van der Waals surface area contributed by atoms with E-state index in [-0.39, 0.29) is 36.6 Å². The van der Waals surface area contributed by atoms with E-state index < -0.39 is 29.0 Å². The Morgan fingerprint density at radius 1 is 1.09 bits per heavy atom. The maximum Gasteiger partial charge on any atom is 0.246 e. The summed E-state index contributed by atoms with van der Waals surface area (Å²) >= 11 is 0. The molecule has 1 fully saturated rings. The Morgan fingerprint density at radius 2 is 1.78 bits per heavy atom. The number of ether oxygens (including phenoxy) is 1. The van der Waals surface area contributed by atoms with Gasteiger partial charge >= 0.3 is 0 Å². The molecule has 0 unspecified atom stereocenters. The lowest BCUT2D eigenvalue weighted by Gasteiger charge is -2.34. The van der Waals surface area contributed by atoms with E-state index in [1.54, 1.807) is 0 Å². The van der Waals surface area contributed by atoms with Crippen LogP contribution in [0.4, 0.5) is 18.9 Å². The molecule has 0 bridgehead atoms. The Balaban J connectivity index is 0.00000363. The number of halogens is 4. The fraction of sp³-hybridized carbons (Fsp3) is 0.364. The van der Waals surface area contributed by atoms with E-state index in [2.05, 4.69) is 15.6 Å². The van der Waals surface area contributed by atoms with Crippen molar-refractivity contribution in [2.45, 2.75) is 25.9 Å². The van der Waals surface area contributed by atoms with Gasteiger partial charge in [0.15, 0.2) is 23.4 Å². The van der Waals surface area contributed by atoms with E-state index in [4.69, 9.17) is 4.74 Å². The second-order valence-corrected chi connectivity index (χ2v) is 7.06. The van der Waals surface area contributed by atoms with Crippen LogP contribution in [0.25, 0.3) is 0 Å². The number of piperidine rings is 1. The topological polar surface area (TPSA) is 66.0 Å². The molecule has 0 radical (unpaired) electrons. The lowest BCUT2D eigenvalue weighted by atomic mass is 10.1. The molecule has 2 N–H and O–H groups in total. The van der Waals surface area contributed by atoms with Crippen molar-refractivity contribution < 1.29 is 22.7 Å². The van der Waals surface area contributed by atoms with Crippen molar-refractivity contribution in [1.82, 2.24) is 10.2 Å². The zero-order valence-corrected chi connectivity index (χ0v) is 19.9. The van der Waals surface area contributed by atoms with Gasteiger partial charge in [0, 0.05) is 32.5 Å². The maximum absolute atomic E-state index is 13.7. The van der Waals surface area contributed by atoms with Gasteiger partial charge in [0.05, 0.1) is 5.69 Å². The van der Waals surface area contributed by atoms with Gasteiger partial charge in [-0.15, -0.1) is 24.0 Å². The molecular weight excluding hydrogens is 536 g/mol. The van der Waals surface area contributed by atoms with Crippen molar-refractivity contribution in [2.75, 3.05) is 31.5 Å². The summed E-state index contributed by atoms with van der Waals surface area (Å²) in [7, 11) is 0. The largest absolute Gasteiger partial charge is 0.490 e. The SMILES string of the molecule is CCNC(=NCC(=O)Nc1ccc(F)c(F)c1F)N1CCC(Oc2ccccc2)CC1.I. The summed E-state index contributed by atoms with van der Waals surface area (Å²) in [5.74, 6) is -3.63. The van der Waals surface area contributed by atoms with Gasteiger partial charge in [0.1, 0.15) is 18.4 Å². The quantitative estimate of drug-likeness (QED) is 0.240. The summed E-state index contributed by atoms with van der Waals surface area (Å²) in [6.07, 6.45) is 1.69. The molecule has 2 aromatic rings. The van der Waals surface area contributed by atoms with Crippen molar-refractivity contribution in [1.29, 1.82) is 0 Å². The highest BCUT2D eigenvalue weighted by Gasteiger charge is 2.23. The number of amides is 1. The molecule has 0 saturated carbocycles. The molecule has 174 valence electrons. The predicted octanol–water partition coefficient (Wildman–Crippen LogP) is 4.17. The third-order valence-corrected chi connectivity index (χ3v) is 4.80. The van der Waals surface area contributed by atoms with E-state index >= 15 is 0 Å². The Bertz CT molecular complexity index is 923. The smallest absolute Gasteiger partial charge is 0.246 e. The molecule has 1 saturated heterocycles. The van der Waals surface area contributed by atoms with E-state index in [9.17, 15) is 18.0 Å². The summed E-state index contributed by atoms with van der Waals surface area (Å²) < 4.78 is 46.1. The normalized spacial score (nSPS) is 14.5. The number of hydrogen-bond donors (Lipinski definition) is 2. The van der Waals surface area contributed by atoms with Crippen LogP contribution in [-0.4, -0.2) is 49.0 Å². The van der Waals surface area contributed by atoms with Crippen molar-refractivity contribution in [2.24, 2.45) is 4.99 Å². The van der Waals surface area contributed by atoms with E-state index in [0.717, 1.165) is 30.7 Å². The maximum atomic E-state index is 13.7. The van der Waals surface area contributed by atoms with Gasteiger partial charge in [-0.3, -0.25) is 4.79 Å². The van der Waals surface area contributed by atoms with Gasteiger partial charge in [-0.2, -0.15) is 0 Å². The van der Waals surface area contributed by atoms with E-state index in [1.165, 1.54) is 0 Å². The van der Waals surface area contributed by atoms with Crippen molar-refractivity contribution in [3.8, 4) is 5.75 Å². The van der Waals surface area contributed by atoms with Crippen LogP contribution in [0.1, 0.15) is 19.8 Å². The molecular formula is C22H26F3IN4O2. The summed E-state index contributed by atoms with van der Waals surface area (Å²) in [6.45, 7) is 3.63. The summed E-state index contributed by atoms with van der Waals surface area (Å²) in [6, 6.07) is 11.4. The first-order valence-electron chi connectivity index (χ1n) is 10.2. The number of nitrogens with one attached hydrogen (secondary N) is 2. The molecule has 0 aromatic heterocycles. The van der Waals surface area contributed by atoms with Crippen LogP contribution in [-0.2, 0) is 4.79 Å². The second kappa shape index (κ2) is 12.5. The molecule has 10 heteroatoms. The minimum atomic E-state index is -1.63. The van der Waals surface area contributed by atoms with Crippen LogP contribution in [0.2, 0.25) is 0 Å². The molecule has 1 aliphatic rings. The molecule has 1 amide bonds. The van der Waals surface area contributed by atoms with Crippen molar-refractivity contribution in [3.63, 3.8) is 0 Å². The monoisotopic (exact) mass is 562 g/mol. The van der Waals surface area contributed by atoms with Crippen LogP contribution < -0.4 is 15.4 Å². The fourth-order valence-electron chi connectivity index (χ4n) is 3.26. The van der Waals surface area contributed by atoms with Gasteiger partial charge < -0.3 is 20.3 Å². The van der Waals surface area contributed by atoms with Gasteiger partial charge in [0.2, 0.25) is 5.91 Å². The third-order valence-electron chi connectivity index (χ3n) is 4.80. The number of rotatable bonds is 6. The summed E-state index contributed by atoms with van der Waals surface area (Å²) in [4.78, 5) is 18.5. The number of carbonyl (C=O) groups excluding carboxylic acids is 1. The minimum absolute atomic E-state index is 0. The van der Waals surface area contributed by atoms with Crippen LogP contribution in [0, 0.1) is 17.5 Å². The number of benzene rings is 2. The van der Waals surface area contributed by atoms with E-state index in [0.29, 0.717) is 25.6 Å². The van der Waals surface area contributed by atoms with Crippen LogP contribution in [0.5, 0.6) is 5.75 Å². The molecule has 6 nitrogen and oxygen atoms in total. The van der Waals surface area contributed by atoms with Gasteiger partial charge in [-0.1, -0.05) is 18.2 Å². The third kappa shape index (κ3) is 7.01. The molecule has 32 heavy (non-hydrogen) atoms. The predicted molar refractivity (Wildman–Crippen MR) is 128 cm³/mol. The average Bonchev–Trinajstić information content (AvgIpc) is 2.78. The van der Waals surface area contributed by atoms with Crippen molar-refractivity contribution in [3.05, 3.63) is 59.9 Å². The number of anilines is 1. The fourth-order valence-corrected chi connectivity index (χ4v) is 3.26. The second-order valence-electron chi connectivity index (χ2n) is 7.06. The van der Waals surface area contributed by atoms with Crippen LogP contribution >= 0.6 is 24.0 Å². The summed E-state index contributed by atoms with van der Waals surface area (Å²) in [5, 5.41) is 5.35. The molecule has 0 spiro atoms.